The van der Waals surface area contributed by atoms with Gasteiger partial charge in [-0.2, -0.15) is 0 Å². The van der Waals surface area contributed by atoms with Crippen LogP contribution < -0.4 is 4.98 Å². The van der Waals surface area contributed by atoms with E-state index in [4.69, 9.17) is 5.11 Å². The van der Waals surface area contributed by atoms with Crippen LogP contribution in [0.15, 0.2) is 30.6 Å². The van der Waals surface area contributed by atoms with Gasteiger partial charge in [0.1, 0.15) is 0 Å². The van der Waals surface area contributed by atoms with Crippen molar-refractivity contribution in [2.75, 3.05) is 0 Å². The van der Waals surface area contributed by atoms with Gasteiger partial charge in [-0.05, 0) is 11.6 Å². The van der Waals surface area contributed by atoms with E-state index in [0.29, 0.717) is 0 Å². The lowest BCUT2D eigenvalue weighted by Gasteiger charge is -1.94. The highest BCUT2D eigenvalue weighted by molar-refractivity contribution is 6.50. The maximum atomic E-state index is 10.1. The van der Waals surface area contributed by atoms with Gasteiger partial charge in [0.15, 0.2) is 12.4 Å². The number of carbonyl (C=O) groups is 1. The average molecular weight is 237 g/mol. The summed E-state index contributed by atoms with van der Waals surface area (Å²) in [5, 5.41) is 8.28. The number of H-pyrrole nitrogens is 1. The van der Waals surface area contributed by atoms with Crippen molar-refractivity contribution in [2.45, 2.75) is 0 Å². The SMILES string of the molecule is F[B-](F)(F)F.O=C(O)/C=C/c1cc[nH+]cc1. The minimum atomic E-state index is -6.00. The lowest BCUT2D eigenvalue weighted by molar-refractivity contribution is -0.378. The van der Waals surface area contributed by atoms with Crippen molar-refractivity contribution in [1.82, 2.24) is 0 Å². The fraction of sp³-hybridized carbons (Fsp3) is 0. The number of aromatic amines is 1. The fourth-order valence-electron chi connectivity index (χ4n) is 0.678. The van der Waals surface area contributed by atoms with E-state index < -0.39 is 13.2 Å². The zero-order valence-electron chi connectivity index (χ0n) is 7.91. The number of carboxylic acid groups (broad SMARTS) is 1. The minimum absolute atomic E-state index is 0.867. The standard InChI is InChI=1S/C8H7NO2.BF4/c10-8(11)2-1-7-3-5-9-6-4-7;2-1(3,4)5/h1-6H,(H,10,11);/q;-1/p+1/b2-1+;. The van der Waals surface area contributed by atoms with Crippen molar-refractivity contribution in [1.29, 1.82) is 0 Å². The first kappa shape index (κ1) is 14.1. The second-order valence-electron chi connectivity index (χ2n) is 2.50. The third-order valence-electron chi connectivity index (χ3n) is 1.16. The molecule has 3 nitrogen and oxygen atoms in total. The molecule has 88 valence electrons. The Balaban J connectivity index is 0.000000385. The number of carboxylic acids is 1. The molecule has 0 spiro atoms. The molecule has 0 aliphatic rings. The topological polar surface area (TPSA) is 51.4 Å². The summed E-state index contributed by atoms with van der Waals surface area (Å²) in [4.78, 5) is 12.9. The van der Waals surface area contributed by atoms with Crippen LogP contribution in [-0.2, 0) is 4.79 Å². The van der Waals surface area contributed by atoms with Crippen molar-refractivity contribution < 1.29 is 32.1 Å². The van der Waals surface area contributed by atoms with Gasteiger partial charge in [-0.15, -0.1) is 0 Å². The predicted molar refractivity (Wildman–Crippen MR) is 49.9 cm³/mol. The molecular formula is C8H8BF4NO2. The van der Waals surface area contributed by atoms with E-state index >= 15 is 0 Å². The number of halogens is 4. The monoisotopic (exact) mass is 237 g/mol. The molecule has 1 heterocycles. The lowest BCUT2D eigenvalue weighted by atomic mass is 10.2. The molecule has 0 unspecified atom stereocenters. The molecular weight excluding hydrogens is 229 g/mol. The van der Waals surface area contributed by atoms with Gasteiger partial charge < -0.3 is 22.4 Å². The van der Waals surface area contributed by atoms with E-state index in [9.17, 15) is 22.1 Å². The van der Waals surface area contributed by atoms with Crippen molar-refractivity contribution in [3.05, 3.63) is 36.2 Å². The van der Waals surface area contributed by atoms with E-state index in [1.54, 1.807) is 24.5 Å². The van der Waals surface area contributed by atoms with Crippen molar-refractivity contribution in [3.8, 4) is 0 Å². The average Bonchev–Trinajstić information content (AvgIpc) is 2.14. The molecule has 0 bridgehead atoms. The van der Waals surface area contributed by atoms with Crippen molar-refractivity contribution in [2.24, 2.45) is 0 Å². The zero-order valence-corrected chi connectivity index (χ0v) is 7.91. The highest BCUT2D eigenvalue weighted by Gasteiger charge is 2.20. The Kier molecular flexibility index (Phi) is 5.83. The molecule has 0 amide bonds. The van der Waals surface area contributed by atoms with Gasteiger partial charge >= 0.3 is 13.2 Å². The molecule has 0 fully saturated rings. The predicted octanol–water partition coefficient (Wildman–Crippen LogP) is 1.90. The molecule has 2 N–H and O–H groups in total. The zero-order chi connectivity index (χ0) is 12.6. The minimum Gasteiger partial charge on any atom is -0.478 e. The third-order valence-corrected chi connectivity index (χ3v) is 1.16. The first-order valence-corrected chi connectivity index (χ1v) is 4.03. The van der Waals surface area contributed by atoms with Crippen LogP contribution in [0, 0.1) is 0 Å². The Hall–Kier alpha value is -1.86. The Morgan fingerprint density at radius 1 is 1.25 bits per heavy atom. The number of nitrogens with one attached hydrogen (secondary N) is 1. The summed E-state index contributed by atoms with van der Waals surface area (Å²) < 4.78 is 39.0. The fourth-order valence-corrected chi connectivity index (χ4v) is 0.678. The van der Waals surface area contributed by atoms with Gasteiger partial charge in [0.25, 0.3) is 0 Å². The van der Waals surface area contributed by atoms with E-state index in [2.05, 4.69) is 4.98 Å². The summed E-state index contributed by atoms with van der Waals surface area (Å²) >= 11 is 0. The molecule has 0 saturated heterocycles. The van der Waals surface area contributed by atoms with Gasteiger partial charge in [-0.25, -0.2) is 9.78 Å². The van der Waals surface area contributed by atoms with Crippen LogP contribution in [0.3, 0.4) is 0 Å². The van der Waals surface area contributed by atoms with E-state index in [0.717, 1.165) is 11.6 Å². The summed E-state index contributed by atoms with van der Waals surface area (Å²) in [6, 6.07) is 3.58. The van der Waals surface area contributed by atoms with Crippen molar-refractivity contribution >= 4 is 19.3 Å². The highest BCUT2D eigenvalue weighted by atomic mass is 19.5. The summed E-state index contributed by atoms with van der Waals surface area (Å²) in [5.74, 6) is -0.933. The molecule has 0 atom stereocenters. The maximum absolute atomic E-state index is 10.1. The molecule has 0 aliphatic carbocycles. The van der Waals surface area contributed by atoms with E-state index in [-0.39, 0.29) is 0 Å². The van der Waals surface area contributed by atoms with Crippen LogP contribution in [0.2, 0.25) is 0 Å². The van der Waals surface area contributed by atoms with Crippen LogP contribution in [-0.4, -0.2) is 18.3 Å². The van der Waals surface area contributed by atoms with Gasteiger partial charge in [0, 0.05) is 18.2 Å². The Bertz CT molecular complexity index is 347. The first-order valence-electron chi connectivity index (χ1n) is 4.03. The number of aromatic nitrogens is 1. The van der Waals surface area contributed by atoms with Gasteiger partial charge in [0.2, 0.25) is 0 Å². The highest BCUT2D eigenvalue weighted by Crippen LogP contribution is 2.06. The molecule has 1 aromatic heterocycles. The Morgan fingerprint density at radius 3 is 2.06 bits per heavy atom. The number of rotatable bonds is 2. The Labute approximate surface area is 88.5 Å². The molecule has 8 heteroatoms. The summed E-state index contributed by atoms with van der Waals surface area (Å²) in [6.07, 6.45) is 6.12. The first-order chi connectivity index (χ1) is 7.29. The summed E-state index contributed by atoms with van der Waals surface area (Å²) in [7, 11) is -6.00. The molecule has 0 aromatic carbocycles. The molecule has 16 heavy (non-hydrogen) atoms. The molecule has 1 rings (SSSR count). The normalized spacial score (nSPS) is 10.8. The quantitative estimate of drug-likeness (QED) is 0.485. The lowest BCUT2D eigenvalue weighted by Crippen LogP contribution is -2.02. The summed E-state index contributed by atoms with van der Waals surface area (Å²) in [6.45, 7) is 0. The van der Waals surface area contributed by atoms with Gasteiger partial charge in [-0.1, -0.05) is 0 Å². The number of aliphatic carboxylic acids is 1. The van der Waals surface area contributed by atoms with Gasteiger partial charge in [-0.3, -0.25) is 0 Å². The third kappa shape index (κ3) is 12.1. The Morgan fingerprint density at radius 2 is 1.69 bits per heavy atom. The van der Waals surface area contributed by atoms with Crippen LogP contribution in [0.5, 0.6) is 0 Å². The van der Waals surface area contributed by atoms with Crippen LogP contribution in [0.25, 0.3) is 6.08 Å². The van der Waals surface area contributed by atoms with Crippen LogP contribution in [0.1, 0.15) is 5.56 Å². The molecule has 1 aromatic rings. The second kappa shape index (κ2) is 6.60. The molecule has 0 aliphatic heterocycles. The van der Waals surface area contributed by atoms with Crippen LogP contribution in [0.4, 0.5) is 17.3 Å². The second-order valence-corrected chi connectivity index (χ2v) is 2.50. The summed E-state index contributed by atoms with van der Waals surface area (Å²) in [5.41, 5.74) is 0.867. The van der Waals surface area contributed by atoms with Crippen molar-refractivity contribution in [3.63, 3.8) is 0 Å². The smallest absolute Gasteiger partial charge is 0.478 e. The number of hydrogen-bond acceptors (Lipinski definition) is 1. The van der Waals surface area contributed by atoms with E-state index in [1.807, 2.05) is 0 Å². The number of pyridine rings is 1. The maximum Gasteiger partial charge on any atom is 0.673 e. The van der Waals surface area contributed by atoms with E-state index in [1.165, 1.54) is 6.08 Å². The number of hydrogen-bond donors (Lipinski definition) is 1. The molecule has 0 saturated carbocycles. The van der Waals surface area contributed by atoms with Gasteiger partial charge in [0.05, 0.1) is 0 Å². The molecule has 0 radical (unpaired) electrons. The largest absolute Gasteiger partial charge is 0.673 e. The van der Waals surface area contributed by atoms with Crippen LogP contribution >= 0.6 is 0 Å².